The summed E-state index contributed by atoms with van der Waals surface area (Å²) in [6, 6.07) is 11.4. The van der Waals surface area contributed by atoms with Crippen LogP contribution >= 0.6 is 11.3 Å². The minimum absolute atomic E-state index is 0.158. The van der Waals surface area contributed by atoms with Gasteiger partial charge in [0, 0.05) is 22.8 Å². The number of nitrogens with zero attached hydrogens (tertiary/aromatic N) is 1. The quantitative estimate of drug-likeness (QED) is 0.474. The fourth-order valence-electron chi connectivity index (χ4n) is 3.07. The number of aromatic nitrogens is 1. The molecule has 0 saturated heterocycles. The molecule has 2 aromatic heterocycles. The van der Waals surface area contributed by atoms with Crippen molar-refractivity contribution in [3.8, 4) is 0 Å². The lowest BCUT2D eigenvalue weighted by molar-refractivity contribution is 0.0710. The summed E-state index contributed by atoms with van der Waals surface area (Å²) < 4.78 is 1.88. The maximum atomic E-state index is 12.8. The van der Waals surface area contributed by atoms with Crippen molar-refractivity contribution in [2.75, 3.05) is 0 Å². The van der Waals surface area contributed by atoms with E-state index in [-0.39, 0.29) is 11.9 Å². The van der Waals surface area contributed by atoms with Gasteiger partial charge in [-0.05, 0) is 37.1 Å². The van der Waals surface area contributed by atoms with Gasteiger partial charge in [-0.1, -0.05) is 25.1 Å². The number of benzene rings is 1. The highest BCUT2D eigenvalue weighted by molar-refractivity contribution is 7.14. The molecule has 3 N–H and O–H groups in total. The molecule has 0 aliphatic heterocycles. The topological polar surface area (TPSA) is 83.4 Å². The van der Waals surface area contributed by atoms with Gasteiger partial charge in [-0.15, -0.1) is 11.3 Å². The number of nitrogens with one attached hydrogen (secondary N) is 2. The van der Waals surface area contributed by atoms with Crippen LogP contribution in [0.25, 0.3) is 10.9 Å². The molecule has 26 heavy (non-hydrogen) atoms. The lowest BCUT2D eigenvalue weighted by Gasteiger charge is -2.16. The Balaban J connectivity index is 1.87. The molecule has 1 aromatic carbocycles. The molecule has 0 aliphatic carbocycles. The highest BCUT2D eigenvalue weighted by atomic mass is 32.1. The van der Waals surface area contributed by atoms with Crippen LogP contribution in [0.2, 0.25) is 0 Å². The number of rotatable bonds is 5. The minimum atomic E-state index is -0.534. The van der Waals surface area contributed by atoms with Gasteiger partial charge in [0.25, 0.3) is 11.8 Å². The van der Waals surface area contributed by atoms with Crippen LogP contribution in [0.4, 0.5) is 0 Å². The predicted octanol–water partition coefficient (Wildman–Crippen LogP) is 3.55. The molecule has 6 nitrogen and oxygen atoms in total. The SMILES string of the molecule is CC[C@H](NC(=O)c1cc2ccccc2n1C)c1cc(C)c(C(=O)NO)s1. The molecule has 136 valence electrons. The van der Waals surface area contributed by atoms with Gasteiger partial charge in [0.05, 0.1) is 10.9 Å². The van der Waals surface area contributed by atoms with E-state index >= 15 is 0 Å². The number of amides is 2. The van der Waals surface area contributed by atoms with E-state index in [0.717, 1.165) is 21.3 Å². The molecule has 0 fully saturated rings. The summed E-state index contributed by atoms with van der Waals surface area (Å²) in [7, 11) is 1.87. The smallest absolute Gasteiger partial charge is 0.284 e. The highest BCUT2D eigenvalue weighted by Crippen LogP contribution is 2.29. The van der Waals surface area contributed by atoms with E-state index in [1.54, 1.807) is 5.48 Å². The van der Waals surface area contributed by atoms with Crippen molar-refractivity contribution < 1.29 is 14.8 Å². The van der Waals surface area contributed by atoms with Gasteiger partial charge < -0.3 is 9.88 Å². The second kappa shape index (κ2) is 7.31. The van der Waals surface area contributed by atoms with Gasteiger partial charge in [0.2, 0.25) is 0 Å². The Morgan fingerprint density at radius 3 is 2.62 bits per heavy atom. The number of thiophene rings is 1. The van der Waals surface area contributed by atoms with Gasteiger partial charge in [-0.3, -0.25) is 14.8 Å². The predicted molar refractivity (Wildman–Crippen MR) is 102 cm³/mol. The Bertz CT molecular complexity index is 974. The van der Waals surface area contributed by atoms with Crippen LogP contribution < -0.4 is 10.8 Å². The molecule has 0 bridgehead atoms. The van der Waals surface area contributed by atoms with Crippen molar-refractivity contribution in [1.29, 1.82) is 0 Å². The Labute approximate surface area is 155 Å². The second-order valence-electron chi connectivity index (χ2n) is 6.18. The highest BCUT2D eigenvalue weighted by Gasteiger charge is 2.21. The van der Waals surface area contributed by atoms with Crippen molar-refractivity contribution in [2.45, 2.75) is 26.3 Å². The normalized spacial score (nSPS) is 12.2. The maximum Gasteiger partial charge on any atom is 0.284 e. The molecule has 1 atom stereocenters. The molecule has 0 unspecified atom stereocenters. The lowest BCUT2D eigenvalue weighted by atomic mass is 10.1. The average molecular weight is 371 g/mol. The fourth-order valence-corrected chi connectivity index (χ4v) is 4.27. The average Bonchev–Trinajstić information content (AvgIpc) is 3.19. The monoisotopic (exact) mass is 371 g/mol. The molecule has 7 heteroatoms. The van der Waals surface area contributed by atoms with Crippen molar-refractivity contribution in [1.82, 2.24) is 15.4 Å². The third kappa shape index (κ3) is 3.23. The molecule has 0 aliphatic rings. The fraction of sp³-hybridized carbons (Fsp3) is 0.263. The number of hydrogen-bond acceptors (Lipinski definition) is 4. The maximum absolute atomic E-state index is 12.8. The van der Waals surface area contributed by atoms with Crippen molar-refractivity contribution >= 4 is 34.1 Å². The van der Waals surface area contributed by atoms with Crippen LogP contribution in [0.15, 0.2) is 36.4 Å². The van der Waals surface area contributed by atoms with Gasteiger partial charge in [-0.2, -0.15) is 0 Å². The Kier molecular flexibility index (Phi) is 5.11. The van der Waals surface area contributed by atoms with Crippen molar-refractivity contribution in [2.24, 2.45) is 7.05 Å². The second-order valence-corrected chi connectivity index (χ2v) is 7.27. The van der Waals surface area contributed by atoms with Crippen LogP contribution in [0.5, 0.6) is 0 Å². The molecule has 0 spiro atoms. The van der Waals surface area contributed by atoms with E-state index in [9.17, 15) is 9.59 Å². The molecule has 0 radical (unpaired) electrons. The first-order chi connectivity index (χ1) is 12.5. The van der Waals surface area contributed by atoms with Gasteiger partial charge >= 0.3 is 0 Å². The largest absolute Gasteiger partial charge is 0.343 e. The third-order valence-electron chi connectivity index (χ3n) is 4.49. The molecular weight excluding hydrogens is 350 g/mol. The Hall–Kier alpha value is -2.64. The Morgan fingerprint density at radius 1 is 1.23 bits per heavy atom. The van der Waals surface area contributed by atoms with E-state index in [1.807, 2.05) is 61.9 Å². The number of aryl methyl sites for hydroxylation is 2. The lowest BCUT2D eigenvalue weighted by Crippen LogP contribution is -2.29. The standard InChI is InChI=1S/C19H21N3O3S/c1-4-13(16-9-11(2)17(26-16)19(24)21-25)20-18(23)15-10-12-7-5-6-8-14(12)22(15)3/h5-10,13,25H,4H2,1-3H3,(H,20,23)(H,21,24)/t13-/m0/s1. The summed E-state index contributed by atoms with van der Waals surface area (Å²) in [6.45, 7) is 3.79. The summed E-state index contributed by atoms with van der Waals surface area (Å²) in [5.74, 6) is -0.691. The summed E-state index contributed by atoms with van der Waals surface area (Å²) in [5, 5.41) is 12.9. The van der Waals surface area contributed by atoms with Crippen molar-refractivity contribution in [3.63, 3.8) is 0 Å². The molecular formula is C19H21N3O3S. The molecule has 3 rings (SSSR count). The van der Waals surface area contributed by atoms with E-state index in [4.69, 9.17) is 5.21 Å². The van der Waals surface area contributed by atoms with E-state index in [0.29, 0.717) is 17.0 Å². The van der Waals surface area contributed by atoms with Crippen LogP contribution in [0.3, 0.4) is 0 Å². The van der Waals surface area contributed by atoms with E-state index < -0.39 is 5.91 Å². The number of carbonyl (C=O) groups is 2. The zero-order valence-corrected chi connectivity index (χ0v) is 15.7. The number of hydroxylamine groups is 1. The first-order valence-corrected chi connectivity index (χ1v) is 9.18. The number of fused-ring (bicyclic) bond motifs is 1. The summed E-state index contributed by atoms with van der Waals surface area (Å²) >= 11 is 1.28. The number of para-hydroxylation sites is 1. The number of carbonyl (C=O) groups excluding carboxylic acids is 2. The zero-order chi connectivity index (χ0) is 18.8. The van der Waals surface area contributed by atoms with Gasteiger partial charge in [0.15, 0.2) is 0 Å². The minimum Gasteiger partial charge on any atom is -0.343 e. The summed E-state index contributed by atoms with van der Waals surface area (Å²) in [6.07, 6.45) is 0.690. The molecule has 2 heterocycles. The van der Waals surface area contributed by atoms with Crippen LogP contribution in [0.1, 0.15) is 50.0 Å². The third-order valence-corrected chi connectivity index (χ3v) is 5.84. The molecule has 3 aromatic rings. The van der Waals surface area contributed by atoms with Crippen LogP contribution in [-0.2, 0) is 7.05 Å². The van der Waals surface area contributed by atoms with Gasteiger partial charge in [0.1, 0.15) is 5.69 Å². The van der Waals surface area contributed by atoms with Crippen LogP contribution in [-0.4, -0.2) is 21.6 Å². The summed E-state index contributed by atoms with van der Waals surface area (Å²) in [4.78, 5) is 25.8. The molecule has 0 saturated carbocycles. The van der Waals surface area contributed by atoms with E-state index in [1.165, 1.54) is 11.3 Å². The summed E-state index contributed by atoms with van der Waals surface area (Å²) in [5.41, 5.74) is 4.02. The first-order valence-electron chi connectivity index (χ1n) is 8.36. The number of hydrogen-bond donors (Lipinski definition) is 3. The first kappa shape index (κ1) is 18.2. The van der Waals surface area contributed by atoms with Crippen LogP contribution in [0, 0.1) is 6.92 Å². The van der Waals surface area contributed by atoms with Gasteiger partial charge in [-0.25, -0.2) is 5.48 Å². The zero-order valence-electron chi connectivity index (χ0n) is 14.9. The Morgan fingerprint density at radius 2 is 1.96 bits per heavy atom. The van der Waals surface area contributed by atoms with E-state index in [2.05, 4.69) is 5.32 Å². The molecule has 2 amide bonds. The van der Waals surface area contributed by atoms with Crippen molar-refractivity contribution in [3.05, 3.63) is 57.4 Å².